The third-order valence-electron chi connectivity index (χ3n) is 4.47. The maximum absolute atomic E-state index is 9.08. The van der Waals surface area contributed by atoms with Crippen molar-refractivity contribution >= 4 is 0 Å². The average Bonchev–Trinajstić information content (AvgIpc) is 3.31. The predicted octanol–water partition coefficient (Wildman–Crippen LogP) is 2.43. The van der Waals surface area contributed by atoms with E-state index in [0.717, 1.165) is 18.2 Å². The summed E-state index contributed by atoms with van der Waals surface area (Å²) in [6.45, 7) is 1.92. The third-order valence-corrected chi connectivity index (χ3v) is 4.47. The highest BCUT2D eigenvalue weighted by atomic mass is 15.2. The Bertz CT molecular complexity index is 487. The van der Waals surface area contributed by atoms with E-state index in [2.05, 4.69) is 17.0 Å². The Hall–Kier alpha value is -1.37. The summed E-state index contributed by atoms with van der Waals surface area (Å²) in [5.74, 6) is 0.531. The van der Waals surface area contributed by atoms with Crippen LogP contribution in [0.2, 0.25) is 0 Å². The second-order valence-corrected chi connectivity index (χ2v) is 5.79. The minimum absolute atomic E-state index is 0.416. The molecule has 0 radical (unpaired) electrons. The second-order valence-electron chi connectivity index (χ2n) is 5.79. The van der Waals surface area contributed by atoms with Crippen molar-refractivity contribution in [1.29, 1.82) is 5.26 Å². The van der Waals surface area contributed by atoms with Crippen molar-refractivity contribution in [1.82, 2.24) is 4.90 Å². The summed E-state index contributed by atoms with van der Waals surface area (Å²) in [5, 5.41) is 9.08. The summed E-state index contributed by atoms with van der Waals surface area (Å²) >= 11 is 0. The molecule has 1 heterocycles. The molecule has 3 rings (SSSR count). The molecule has 3 heteroatoms. The van der Waals surface area contributed by atoms with Crippen molar-refractivity contribution < 1.29 is 0 Å². The van der Waals surface area contributed by atoms with Gasteiger partial charge in [0.2, 0.25) is 0 Å². The lowest BCUT2D eigenvalue weighted by atomic mass is 9.84. The third kappa shape index (κ3) is 2.51. The van der Waals surface area contributed by atoms with Crippen molar-refractivity contribution in [3.05, 3.63) is 35.4 Å². The normalized spacial score (nSPS) is 28.0. The number of likely N-dealkylation sites (tertiary alicyclic amines) is 1. The zero-order valence-corrected chi connectivity index (χ0v) is 11.3. The molecule has 0 spiro atoms. The van der Waals surface area contributed by atoms with Gasteiger partial charge in [0.25, 0.3) is 0 Å². The highest BCUT2D eigenvalue weighted by molar-refractivity contribution is 5.35. The molecule has 0 amide bonds. The first-order valence-electron chi connectivity index (χ1n) is 7.29. The molecule has 19 heavy (non-hydrogen) atoms. The Morgan fingerprint density at radius 2 is 2.16 bits per heavy atom. The van der Waals surface area contributed by atoms with Gasteiger partial charge in [-0.15, -0.1) is 0 Å². The van der Waals surface area contributed by atoms with Crippen LogP contribution >= 0.6 is 0 Å². The highest BCUT2D eigenvalue weighted by Gasteiger charge is 2.39. The van der Waals surface area contributed by atoms with E-state index < -0.39 is 0 Å². The number of hydrogen-bond donors (Lipinski definition) is 1. The van der Waals surface area contributed by atoms with E-state index in [4.69, 9.17) is 11.0 Å². The van der Waals surface area contributed by atoms with Gasteiger partial charge < -0.3 is 5.73 Å². The number of piperidine rings is 1. The van der Waals surface area contributed by atoms with Gasteiger partial charge in [-0.2, -0.15) is 5.26 Å². The van der Waals surface area contributed by atoms with Gasteiger partial charge in [-0.25, -0.2) is 0 Å². The first kappa shape index (κ1) is 12.7. The number of benzene rings is 1. The molecule has 1 aliphatic carbocycles. The van der Waals surface area contributed by atoms with Gasteiger partial charge in [0, 0.05) is 12.1 Å². The predicted molar refractivity (Wildman–Crippen MR) is 75.4 cm³/mol. The lowest BCUT2D eigenvalue weighted by Gasteiger charge is -2.41. The molecule has 1 saturated carbocycles. The van der Waals surface area contributed by atoms with Gasteiger partial charge in [0.1, 0.15) is 0 Å². The smallest absolute Gasteiger partial charge is 0.0991 e. The molecular formula is C16H21N3. The van der Waals surface area contributed by atoms with E-state index in [-0.39, 0.29) is 0 Å². The van der Waals surface area contributed by atoms with Crippen LogP contribution in [-0.2, 0) is 0 Å². The minimum atomic E-state index is 0.416. The maximum atomic E-state index is 9.08. The number of rotatable bonds is 3. The van der Waals surface area contributed by atoms with Gasteiger partial charge in [0.15, 0.2) is 0 Å². The van der Waals surface area contributed by atoms with Crippen molar-refractivity contribution in [3.63, 3.8) is 0 Å². The molecule has 1 aromatic carbocycles. The number of nitrogens with two attached hydrogens (primary N) is 1. The Morgan fingerprint density at radius 3 is 2.84 bits per heavy atom. The molecule has 1 aliphatic heterocycles. The van der Waals surface area contributed by atoms with E-state index in [0.29, 0.717) is 12.0 Å². The van der Waals surface area contributed by atoms with Crippen LogP contribution < -0.4 is 5.73 Å². The summed E-state index contributed by atoms with van der Waals surface area (Å²) in [4.78, 5) is 2.64. The van der Waals surface area contributed by atoms with E-state index in [1.54, 1.807) is 0 Å². The Labute approximate surface area is 115 Å². The summed E-state index contributed by atoms with van der Waals surface area (Å²) in [6, 6.07) is 11.5. The lowest BCUT2D eigenvalue weighted by molar-refractivity contribution is 0.0879. The second kappa shape index (κ2) is 5.32. The molecule has 2 aliphatic rings. The van der Waals surface area contributed by atoms with E-state index in [1.807, 2.05) is 18.2 Å². The minimum Gasteiger partial charge on any atom is -0.330 e. The van der Waals surface area contributed by atoms with Gasteiger partial charge >= 0.3 is 0 Å². The Kier molecular flexibility index (Phi) is 3.54. The fourth-order valence-corrected chi connectivity index (χ4v) is 3.42. The van der Waals surface area contributed by atoms with Gasteiger partial charge in [-0.05, 0) is 62.4 Å². The fraction of sp³-hybridized carbons (Fsp3) is 0.562. The van der Waals surface area contributed by atoms with Crippen molar-refractivity contribution in [2.45, 2.75) is 37.8 Å². The monoisotopic (exact) mass is 255 g/mol. The largest absolute Gasteiger partial charge is 0.330 e. The van der Waals surface area contributed by atoms with E-state index in [1.165, 1.54) is 37.8 Å². The van der Waals surface area contributed by atoms with Crippen molar-refractivity contribution in [2.75, 3.05) is 13.1 Å². The number of nitrogens with zero attached hydrogens (tertiary/aromatic N) is 2. The molecule has 0 aromatic heterocycles. The van der Waals surface area contributed by atoms with Crippen LogP contribution in [0.4, 0.5) is 0 Å². The topological polar surface area (TPSA) is 53.1 Å². The lowest BCUT2D eigenvalue weighted by Crippen LogP contribution is -2.42. The standard InChI is InChI=1S/C16H21N3/c17-10-12-3-1-4-13(9-12)16-14(11-18)5-2-8-19(16)15-6-7-15/h1,3-4,9,14-16H,2,5-8,11,18H2. The fourth-order valence-electron chi connectivity index (χ4n) is 3.42. The van der Waals surface area contributed by atoms with Crippen LogP contribution in [0.15, 0.2) is 24.3 Å². The molecule has 0 bridgehead atoms. The number of hydrogen-bond acceptors (Lipinski definition) is 3. The molecule has 1 aromatic rings. The molecule has 2 atom stereocenters. The van der Waals surface area contributed by atoms with Crippen LogP contribution in [0.5, 0.6) is 0 Å². The molecule has 100 valence electrons. The van der Waals surface area contributed by atoms with E-state index in [9.17, 15) is 0 Å². The van der Waals surface area contributed by atoms with Gasteiger partial charge in [0.05, 0.1) is 11.6 Å². The first-order valence-corrected chi connectivity index (χ1v) is 7.29. The van der Waals surface area contributed by atoms with Crippen LogP contribution in [0.1, 0.15) is 42.9 Å². The molecule has 2 unspecified atom stereocenters. The summed E-state index contributed by atoms with van der Waals surface area (Å²) in [7, 11) is 0. The Balaban J connectivity index is 1.93. The molecule has 3 nitrogen and oxygen atoms in total. The first-order chi connectivity index (χ1) is 9.33. The zero-order valence-electron chi connectivity index (χ0n) is 11.3. The molecule has 2 N–H and O–H groups in total. The Morgan fingerprint density at radius 1 is 1.32 bits per heavy atom. The number of nitriles is 1. The van der Waals surface area contributed by atoms with E-state index >= 15 is 0 Å². The van der Waals surface area contributed by atoms with Crippen LogP contribution in [0.3, 0.4) is 0 Å². The highest BCUT2D eigenvalue weighted by Crippen LogP contribution is 2.42. The SMILES string of the molecule is N#Cc1cccc(C2C(CN)CCCN2C2CC2)c1. The van der Waals surface area contributed by atoms with Crippen molar-refractivity contribution in [3.8, 4) is 6.07 Å². The molecule has 2 fully saturated rings. The summed E-state index contributed by atoms with van der Waals surface area (Å²) in [5.41, 5.74) is 8.03. The zero-order chi connectivity index (χ0) is 13.2. The van der Waals surface area contributed by atoms with Crippen molar-refractivity contribution in [2.24, 2.45) is 11.7 Å². The van der Waals surface area contributed by atoms with Crippen LogP contribution in [0, 0.1) is 17.2 Å². The average molecular weight is 255 g/mol. The quantitative estimate of drug-likeness (QED) is 0.902. The van der Waals surface area contributed by atoms with Gasteiger partial charge in [-0.1, -0.05) is 12.1 Å². The maximum Gasteiger partial charge on any atom is 0.0991 e. The van der Waals surface area contributed by atoms with Gasteiger partial charge in [-0.3, -0.25) is 4.90 Å². The summed E-state index contributed by atoms with van der Waals surface area (Å²) < 4.78 is 0. The van der Waals surface area contributed by atoms with Crippen LogP contribution in [0.25, 0.3) is 0 Å². The van der Waals surface area contributed by atoms with Crippen LogP contribution in [-0.4, -0.2) is 24.0 Å². The summed E-state index contributed by atoms with van der Waals surface area (Å²) in [6.07, 6.45) is 5.12. The molecule has 1 saturated heterocycles. The molecular weight excluding hydrogens is 234 g/mol.